The number of aliphatic hydroxyl groups is 2. The molecule has 0 rings (SSSR count). The summed E-state index contributed by atoms with van der Waals surface area (Å²) >= 11 is 0. The lowest BCUT2D eigenvalue weighted by atomic mass is 10.0. The summed E-state index contributed by atoms with van der Waals surface area (Å²) in [4.78, 5) is 26.1. The first-order chi connectivity index (χ1) is 29.0. The van der Waals surface area contributed by atoms with E-state index >= 15 is 0 Å². The maximum atomic E-state index is 13.2. The summed E-state index contributed by atoms with van der Waals surface area (Å²) in [5, 5.41) is 23.7. The van der Waals surface area contributed by atoms with Gasteiger partial charge in [-0.25, -0.2) is 0 Å². The maximum absolute atomic E-state index is 13.2. The number of esters is 1. The number of aliphatic hydroxyl groups excluding tert-OH is 2. The zero-order chi connectivity index (χ0) is 43.1. The highest BCUT2D eigenvalue weighted by molar-refractivity contribution is 5.77. The third-order valence-electron chi connectivity index (χ3n) is 12.7. The Labute approximate surface area is 368 Å². The Kier molecular flexibility index (Phi) is 47.0. The third-order valence-corrected chi connectivity index (χ3v) is 12.7. The van der Waals surface area contributed by atoms with Gasteiger partial charge in [-0.05, 0) is 25.7 Å². The highest BCUT2D eigenvalue weighted by Gasteiger charge is 2.24. The summed E-state index contributed by atoms with van der Waals surface area (Å²) in [5.74, 6) is -0.451. The Morgan fingerprint density at radius 2 is 0.712 bits per heavy atom. The predicted molar refractivity (Wildman–Crippen MR) is 255 cm³/mol. The number of hydrogen-bond acceptors (Lipinski definition) is 5. The summed E-state index contributed by atoms with van der Waals surface area (Å²) in [7, 11) is 0. The number of rotatable bonds is 49. The summed E-state index contributed by atoms with van der Waals surface area (Å²) in [5.41, 5.74) is 0. The molecule has 59 heavy (non-hydrogen) atoms. The second kappa shape index (κ2) is 47.9. The van der Waals surface area contributed by atoms with Crippen molar-refractivity contribution in [2.75, 3.05) is 6.61 Å². The number of ether oxygens (including phenoxy) is 1. The normalized spacial score (nSPS) is 13.1. The molecule has 0 saturated carbocycles. The largest absolute Gasteiger partial charge is 0.462 e. The number of carbonyl (C=O) groups excluding carboxylic acids is 2. The molecular formula is C53H105NO5. The van der Waals surface area contributed by atoms with Gasteiger partial charge in [0.25, 0.3) is 0 Å². The fourth-order valence-electron chi connectivity index (χ4n) is 8.61. The molecule has 0 aromatic heterocycles. The van der Waals surface area contributed by atoms with Crippen molar-refractivity contribution < 1.29 is 24.5 Å². The van der Waals surface area contributed by atoms with Gasteiger partial charge in [0.1, 0.15) is 6.10 Å². The fourth-order valence-corrected chi connectivity index (χ4v) is 8.61. The van der Waals surface area contributed by atoms with E-state index in [0.29, 0.717) is 19.3 Å². The molecule has 0 aliphatic carbocycles. The lowest BCUT2D eigenvalue weighted by molar-refractivity contribution is -0.151. The van der Waals surface area contributed by atoms with E-state index in [1.807, 2.05) is 0 Å². The summed E-state index contributed by atoms with van der Waals surface area (Å²) in [6, 6.07) is -0.691. The van der Waals surface area contributed by atoms with Gasteiger partial charge in [-0.3, -0.25) is 9.59 Å². The number of nitrogens with one attached hydrogen (secondary N) is 1. The Morgan fingerprint density at radius 1 is 0.424 bits per heavy atom. The monoisotopic (exact) mass is 836 g/mol. The van der Waals surface area contributed by atoms with Crippen molar-refractivity contribution in [3.05, 3.63) is 0 Å². The second-order valence-corrected chi connectivity index (χ2v) is 18.6. The van der Waals surface area contributed by atoms with Crippen LogP contribution in [0.2, 0.25) is 0 Å². The van der Waals surface area contributed by atoms with Crippen molar-refractivity contribution in [3.63, 3.8) is 0 Å². The molecule has 3 atom stereocenters. The minimum atomic E-state index is -0.778. The third kappa shape index (κ3) is 43.3. The van der Waals surface area contributed by atoms with Crippen LogP contribution in [0.3, 0.4) is 0 Å². The van der Waals surface area contributed by atoms with Gasteiger partial charge in [0, 0.05) is 6.42 Å². The Bertz CT molecular complexity index is 852. The van der Waals surface area contributed by atoms with E-state index in [1.165, 1.54) is 218 Å². The Hall–Kier alpha value is -1.14. The summed E-state index contributed by atoms with van der Waals surface area (Å²) in [6.45, 7) is 6.50. The van der Waals surface area contributed by atoms with E-state index in [2.05, 4.69) is 26.1 Å². The van der Waals surface area contributed by atoms with E-state index in [-0.39, 0.29) is 24.9 Å². The molecule has 0 saturated heterocycles. The topological polar surface area (TPSA) is 95.9 Å². The molecule has 0 heterocycles. The first-order valence-electron chi connectivity index (χ1n) is 26.8. The maximum Gasteiger partial charge on any atom is 0.306 e. The zero-order valence-corrected chi connectivity index (χ0v) is 40.2. The van der Waals surface area contributed by atoms with Gasteiger partial charge < -0.3 is 20.3 Å². The van der Waals surface area contributed by atoms with E-state index < -0.39 is 18.2 Å². The van der Waals surface area contributed by atoms with Crippen LogP contribution in [0.4, 0.5) is 0 Å². The fraction of sp³-hybridized carbons (Fsp3) is 0.962. The van der Waals surface area contributed by atoms with E-state index in [0.717, 1.165) is 38.5 Å². The van der Waals surface area contributed by atoms with Crippen LogP contribution in [0.1, 0.15) is 303 Å². The predicted octanol–water partition coefficient (Wildman–Crippen LogP) is 16.0. The number of amides is 1. The van der Waals surface area contributed by atoms with Gasteiger partial charge >= 0.3 is 5.97 Å². The summed E-state index contributed by atoms with van der Waals surface area (Å²) < 4.78 is 5.94. The van der Waals surface area contributed by atoms with Gasteiger partial charge in [0.15, 0.2) is 0 Å². The molecule has 0 aliphatic rings. The van der Waals surface area contributed by atoms with Crippen molar-refractivity contribution in [1.29, 1.82) is 0 Å². The molecule has 0 fully saturated rings. The van der Waals surface area contributed by atoms with Crippen LogP contribution < -0.4 is 5.32 Å². The van der Waals surface area contributed by atoms with Gasteiger partial charge in [0.2, 0.25) is 5.91 Å². The SMILES string of the molecule is CCCCCCCCCCCCCCCCCCCCCC(=O)OC(CCCCCCCCCCCC)CC(=O)NC(CO)C(O)CCCCCCCCCCCCC. The van der Waals surface area contributed by atoms with E-state index in [9.17, 15) is 19.8 Å². The average molecular weight is 836 g/mol. The molecule has 1 amide bonds. The molecule has 0 aliphatic heterocycles. The van der Waals surface area contributed by atoms with Crippen LogP contribution in [-0.2, 0) is 14.3 Å². The molecule has 0 spiro atoms. The first kappa shape index (κ1) is 57.9. The van der Waals surface area contributed by atoms with Gasteiger partial charge in [0.05, 0.1) is 25.2 Å². The number of carbonyl (C=O) groups is 2. The lowest BCUT2D eigenvalue weighted by Gasteiger charge is -2.24. The van der Waals surface area contributed by atoms with Crippen LogP contribution in [0.25, 0.3) is 0 Å². The molecule has 6 heteroatoms. The Morgan fingerprint density at radius 3 is 1.03 bits per heavy atom. The molecule has 0 radical (unpaired) electrons. The van der Waals surface area contributed by atoms with Crippen LogP contribution in [0, 0.1) is 0 Å². The van der Waals surface area contributed by atoms with Crippen molar-refractivity contribution >= 4 is 11.9 Å². The van der Waals surface area contributed by atoms with Crippen LogP contribution in [0.5, 0.6) is 0 Å². The van der Waals surface area contributed by atoms with Crippen molar-refractivity contribution in [2.24, 2.45) is 0 Å². The van der Waals surface area contributed by atoms with Gasteiger partial charge in [-0.1, -0.05) is 265 Å². The average Bonchev–Trinajstić information content (AvgIpc) is 3.23. The lowest BCUT2D eigenvalue weighted by Crippen LogP contribution is -2.46. The van der Waals surface area contributed by atoms with Crippen molar-refractivity contribution in [3.8, 4) is 0 Å². The second-order valence-electron chi connectivity index (χ2n) is 18.6. The molecule has 352 valence electrons. The molecular weight excluding hydrogens is 731 g/mol. The number of unbranched alkanes of at least 4 members (excludes halogenated alkanes) is 37. The van der Waals surface area contributed by atoms with Crippen molar-refractivity contribution in [1.82, 2.24) is 5.32 Å². The molecule has 3 N–H and O–H groups in total. The van der Waals surface area contributed by atoms with E-state index in [1.54, 1.807) is 0 Å². The van der Waals surface area contributed by atoms with Crippen LogP contribution in [-0.4, -0.2) is 46.9 Å². The smallest absolute Gasteiger partial charge is 0.306 e. The minimum Gasteiger partial charge on any atom is -0.462 e. The Balaban J connectivity index is 4.38. The molecule has 0 bridgehead atoms. The number of hydrogen-bond donors (Lipinski definition) is 3. The molecule has 6 nitrogen and oxygen atoms in total. The van der Waals surface area contributed by atoms with Crippen molar-refractivity contribution in [2.45, 2.75) is 322 Å². The first-order valence-corrected chi connectivity index (χ1v) is 26.8. The molecule has 3 unspecified atom stereocenters. The van der Waals surface area contributed by atoms with Gasteiger partial charge in [-0.15, -0.1) is 0 Å². The van der Waals surface area contributed by atoms with E-state index in [4.69, 9.17) is 4.74 Å². The van der Waals surface area contributed by atoms with Crippen LogP contribution >= 0.6 is 0 Å². The standard InChI is InChI=1S/C53H105NO5/c1-4-7-10-13-16-19-22-23-24-25-26-27-28-29-31-34-37-40-43-46-53(58)59-49(44-41-38-35-32-21-18-15-12-9-6-3)47-52(57)54-50(48-55)51(56)45-42-39-36-33-30-20-17-14-11-8-5-2/h49-51,55-56H,4-48H2,1-3H3,(H,54,57). The quantitative estimate of drug-likeness (QED) is 0.0419. The molecule has 0 aromatic rings. The zero-order valence-electron chi connectivity index (χ0n) is 40.2. The highest BCUT2D eigenvalue weighted by Crippen LogP contribution is 2.19. The minimum absolute atomic E-state index is 0.0873. The molecule has 0 aromatic carbocycles. The van der Waals surface area contributed by atoms with Crippen LogP contribution in [0.15, 0.2) is 0 Å². The van der Waals surface area contributed by atoms with Gasteiger partial charge in [-0.2, -0.15) is 0 Å². The summed E-state index contributed by atoms with van der Waals surface area (Å²) in [6.07, 6.45) is 51.7. The highest BCUT2D eigenvalue weighted by atomic mass is 16.5.